The summed E-state index contributed by atoms with van der Waals surface area (Å²) in [6.45, 7) is 6.21. The van der Waals surface area contributed by atoms with Gasteiger partial charge >= 0.3 is 0 Å². The number of aromatic nitrogens is 4. The first-order chi connectivity index (χ1) is 12.1. The minimum atomic E-state index is -0.00445. The molecule has 0 aromatic carbocycles. The molecule has 9 heteroatoms. The van der Waals surface area contributed by atoms with Gasteiger partial charge < -0.3 is 9.88 Å². The van der Waals surface area contributed by atoms with Crippen LogP contribution in [-0.4, -0.2) is 55.9 Å². The number of aryl methyl sites for hydroxylation is 1. The molecule has 1 fully saturated rings. The molecular formula is C16H24N6OS2. The average molecular weight is 381 g/mol. The molecule has 0 bridgehead atoms. The van der Waals surface area contributed by atoms with Crippen molar-refractivity contribution in [3.05, 3.63) is 16.9 Å². The summed E-state index contributed by atoms with van der Waals surface area (Å²) in [6.07, 6.45) is 2.16. The van der Waals surface area contributed by atoms with E-state index in [9.17, 15) is 4.79 Å². The van der Waals surface area contributed by atoms with Crippen LogP contribution in [0.1, 0.15) is 37.2 Å². The van der Waals surface area contributed by atoms with Gasteiger partial charge in [-0.25, -0.2) is 4.98 Å². The van der Waals surface area contributed by atoms with E-state index in [4.69, 9.17) is 0 Å². The number of nitrogens with one attached hydrogen (secondary N) is 1. The Labute approximate surface area is 156 Å². The van der Waals surface area contributed by atoms with Crippen molar-refractivity contribution in [2.24, 2.45) is 7.05 Å². The Morgan fingerprint density at radius 2 is 2.32 bits per heavy atom. The lowest BCUT2D eigenvalue weighted by atomic mass is 9.97. The molecule has 0 radical (unpaired) electrons. The van der Waals surface area contributed by atoms with E-state index >= 15 is 0 Å². The van der Waals surface area contributed by atoms with Gasteiger partial charge in [0.25, 0.3) is 0 Å². The first-order valence-electron chi connectivity index (χ1n) is 8.53. The zero-order chi connectivity index (χ0) is 17.8. The Kier molecular flexibility index (Phi) is 6.08. The molecular weight excluding hydrogens is 356 g/mol. The fraction of sp³-hybridized carbons (Fsp3) is 0.625. The molecule has 25 heavy (non-hydrogen) atoms. The van der Waals surface area contributed by atoms with Crippen molar-refractivity contribution in [3.63, 3.8) is 0 Å². The van der Waals surface area contributed by atoms with Crippen LogP contribution in [0.15, 0.2) is 10.5 Å². The highest BCUT2D eigenvalue weighted by Crippen LogP contribution is 2.27. The second-order valence-electron chi connectivity index (χ2n) is 6.25. The summed E-state index contributed by atoms with van der Waals surface area (Å²) in [4.78, 5) is 18.7. The Bertz CT molecular complexity index is 728. The zero-order valence-corrected chi connectivity index (χ0v) is 16.5. The third kappa shape index (κ3) is 4.59. The number of carbonyl (C=O) groups is 1. The van der Waals surface area contributed by atoms with E-state index < -0.39 is 0 Å². The minimum Gasteiger partial charge on any atom is -0.309 e. The van der Waals surface area contributed by atoms with Crippen LogP contribution >= 0.6 is 23.1 Å². The highest BCUT2D eigenvalue weighted by molar-refractivity contribution is 7.99. The normalized spacial score (nSPS) is 18.4. The highest BCUT2D eigenvalue weighted by atomic mass is 32.2. The number of anilines is 1. The molecule has 1 aliphatic heterocycles. The van der Waals surface area contributed by atoms with Crippen LogP contribution in [0.25, 0.3) is 0 Å². The van der Waals surface area contributed by atoms with Crippen LogP contribution in [0, 0.1) is 6.92 Å². The molecule has 0 unspecified atom stereocenters. The second-order valence-corrected chi connectivity index (χ2v) is 8.34. The van der Waals surface area contributed by atoms with Crippen molar-refractivity contribution < 1.29 is 4.79 Å². The number of amides is 1. The van der Waals surface area contributed by atoms with Crippen molar-refractivity contribution in [2.75, 3.05) is 30.7 Å². The SMILES string of the molecule is CCSc1nnc([C@H]2CCCN(CC(=O)Nc3nc(C)cs3)C2)n1C. The van der Waals surface area contributed by atoms with Crippen molar-refractivity contribution in [2.45, 2.75) is 37.8 Å². The van der Waals surface area contributed by atoms with Gasteiger partial charge in [0.15, 0.2) is 10.3 Å². The number of piperidine rings is 1. The quantitative estimate of drug-likeness (QED) is 0.776. The Morgan fingerprint density at radius 1 is 1.48 bits per heavy atom. The predicted molar refractivity (Wildman–Crippen MR) is 101 cm³/mol. The third-order valence-electron chi connectivity index (χ3n) is 4.25. The van der Waals surface area contributed by atoms with E-state index in [1.165, 1.54) is 11.3 Å². The third-order valence-corrected chi connectivity index (χ3v) is 6.02. The molecule has 1 aliphatic rings. The highest BCUT2D eigenvalue weighted by Gasteiger charge is 2.27. The molecule has 2 aromatic rings. The van der Waals surface area contributed by atoms with Gasteiger partial charge in [0, 0.05) is 24.9 Å². The lowest BCUT2D eigenvalue weighted by Crippen LogP contribution is -2.40. The number of thiazole rings is 1. The summed E-state index contributed by atoms with van der Waals surface area (Å²) in [7, 11) is 2.03. The van der Waals surface area contributed by atoms with Crippen molar-refractivity contribution in [1.82, 2.24) is 24.6 Å². The Hall–Kier alpha value is -1.45. The maximum atomic E-state index is 12.3. The van der Waals surface area contributed by atoms with E-state index in [0.29, 0.717) is 17.6 Å². The molecule has 136 valence electrons. The van der Waals surface area contributed by atoms with Gasteiger partial charge in [0.1, 0.15) is 5.82 Å². The van der Waals surface area contributed by atoms with Gasteiger partial charge in [0.05, 0.1) is 12.2 Å². The monoisotopic (exact) mass is 380 g/mol. The number of carbonyl (C=O) groups excluding carboxylic acids is 1. The van der Waals surface area contributed by atoms with Gasteiger partial charge in [-0.15, -0.1) is 21.5 Å². The summed E-state index contributed by atoms with van der Waals surface area (Å²) >= 11 is 3.17. The molecule has 0 saturated carbocycles. The number of thioether (sulfide) groups is 1. The lowest BCUT2D eigenvalue weighted by molar-refractivity contribution is -0.117. The summed E-state index contributed by atoms with van der Waals surface area (Å²) in [6, 6.07) is 0. The lowest BCUT2D eigenvalue weighted by Gasteiger charge is -2.31. The average Bonchev–Trinajstić information content (AvgIpc) is 3.14. The first kappa shape index (κ1) is 18.3. The zero-order valence-electron chi connectivity index (χ0n) is 14.9. The van der Waals surface area contributed by atoms with Gasteiger partial charge in [-0.3, -0.25) is 9.69 Å². The van der Waals surface area contributed by atoms with Crippen LogP contribution < -0.4 is 5.32 Å². The molecule has 0 aliphatic carbocycles. The number of rotatable bonds is 6. The predicted octanol–water partition coefficient (Wildman–Crippen LogP) is 2.51. The fourth-order valence-electron chi connectivity index (χ4n) is 3.12. The number of hydrogen-bond donors (Lipinski definition) is 1. The molecule has 1 amide bonds. The molecule has 1 saturated heterocycles. The number of nitrogens with zero attached hydrogens (tertiary/aromatic N) is 5. The van der Waals surface area contributed by atoms with E-state index in [1.54, 1.807) is 11.8 Å². The summed E-state index contributed by atoms with van der Waals surface area (Å²) in [5.74, 6) is 2.33. The van der Waals surface area contributed by atoms with Gasteiger partial charge in [-0.1, -0.05) is 18.7 Å². The van der Waals surface area contributed by atoms with E-state index in [1.807, 2.05) is 19.4 Å². The van der Waals surface area contributed by atoms with Crippen LogP contribution in [0.3, 0.4) is 0 Å². The summed E-state index contributed by atoms with van der Waals surface area (Å²) in [5.41, 5.74) is 0.932. The van der Waals surface area contributed by atoms with Gasteiger partial charge in [0.2, 0.25) is 5.91 Å². The topological polar surface area (TPSA) is 75.9 Å². The van der Waals surface area contributed by atoms with Gasteiger partial charge in [-0.05, 0) is 32.1 Å². The molecule has 3 rings (SSSR count). The van der Waals surface area contributed by atoms with E-state index in [2.05, 4.69) is 36.9 Å². The summed E-state index contributed by atoms with van der Waals surface area (Å²) in [5, 5.41) is 15.2. The van der Waals surface area contributed by atoms with Crippen LogP contribution in [-0.2, 0) is 11.8 Å². The van der Waals surface area contributed by atoms with Crippen molar-refractivity contribution in [3.8, 4) is 0 Å². The smallest absolute Gasteiger partial charge is 0.240 e. The molecule has 1 N–H and O–H groups in total. The van der Waals surface area contributed by atoms with Gasteiger partial charge in [-0.2, -0.15) is 0 Å². The first-order valence-corrected chi connectivity index (χ1v) is 10.4. The van der Waals surface area contributed by atoms with Crippen molar-refractivity contribution in [1.29, 1.82) is 0 Å². The summed E-state index contributed by atoms with van der Waals surface area (Å²) < 4.78 is 2.10. The van der Waals surface area contributed by atoms with Crippen molar-refractivity contribution >= 4 is 34.1 Å². The number of hydrogen-bond acceptors (Lipinski definition) is 7. The standard InChI is InChI=1S/C16H24N6OS2/c1-4-24-16-20-19-14(21(16)3)12-6-5-7-22(8-12)9-13(23)18-15-17-11(2)10-25-15/h10,12H,4-9H2,1-3H3,(H,17,18,23)/t12-/m0/s1. The number of likely N-dealkylation sites (tertiary alicyclic amines) is 1. The molecule has 0 spiro atoms. The van der Waals surface area contributed by atoms with E-state index in [-0.39, 0.29) is 5.91 Å². The van der Waals surface area contributed by atoms with Crippen LogP contribution in [0.5, 0.6) is 0 Å². The minimum absolute atomic E-state index is 0.00445. The van der Waals surface area contributed by atoms with Crippen LogP contribution in [0.2, 0.25) is 0 Å². The maximum Gasteiger partial charge on any atom is 0.240 e. The molecule has 2 aromatic heterocycles. The maximum absolute atomic E-state index is 12.3. The molecule has 1 atom stereocenters. The van der Waals surface area contributed by atoms with Crippen LogP contribution in [0.4, 0.5) is 5.13 Å². The molecule has 7 nitrogen and oxygen atoms in total. The Morgan fingerprint density at radius 3 is 3.04 bits per heavy atom. The van der Waals surface area contributed by atoms with E-state index in [0.717, 1.165) is 48.4 Å². The fourth-order valence-corrected chi connectivity index (χ4v) is 4.47. The Balaban J connectivity index is 1.58. The molecule has 3 heterocycles. The largest absolute Gasteiger partial charge is 0.309 e. The second kappa shape index (κ2) is 8.29.